The molecule has 1 aromatic carbocycles. The van der Waals surface area contributed by atoms with E-state index in [-0.39, 0.29) is 19.0 Å². The summed E-state index contributed by atoms with van der Waals surface area (Å²) in [5, 5.41) is 19.1. The van der Waals surface area contributed by atoms with Crippen LogP contribution in [0.25, 0.3) is 0 Å². The van der Waals surface area contributed by atoms with Crippen molar-refractivity contribution in [1.29, 1.82) is 0 Å². The number of amides is 1. The maximum absolute atomic E-state index is 12.6. The molecular formula is C14H18N2O3. The number of aliphatic hydroxyl groups excluding tert-OH is 2. The molecule has 0 spiro atoms. The van der Waals surface area contributed by atoms with Gasteiger partial charge in [-0.1, -0.05) is 12.1 Å². The fourth-order valence-corrected chi connectivity index (χ4v) is 2.79. The number of nitrogens with two attached hydrogens (primary N) is 1. The Morgan fingerprint density at radius 1 is 1.16 bits per heavy atom. The molecule has 5 heteroatoms. The van der Waals surface area contributed by atoms with Crippen LogP contribution in [-0.4, -0.2) is 46.3 Å². The Labute approximate surface area is 111 Å². The lowest BCUT2D eigenvalue weighted by atomic mass is 9.94. The molecule has 1 amide bonds. The Morgan fingerprint density at radius 3 is 2.16 bits per heavy atom. The summed E-state index contributed by atoms with van der Waals surface area (Å²) < 4.78 is 0. The van der Waals surface area contributed by atoms with Crippen molar-refractivity contribution < 1.29 is 15.0 Å². The lowest BCUT2D eigenvalue weighted by Gasteiger charge is -2.23. The van der Waals surface area contributed by atoms with Crippen LogP contribution < -0.4 is 5.73 Å². The van der Waals surface area contributed by atoms with Crippen LogP contribution in [0.1, 0.15) is 18.4 Å². The van der Waals surface area contributed by atoms with E-state index in [9.17, 15) is 15.0 Å². The highest BCUT2D eigenvalue weighted by Gasteiger charge is 2.54. The summed E-state index contributed by atoms with van der Waals surface area (Å²) in [4.78, 5) is 14.1. The van der Waals surface area contributed by atoms with E-state index >= 15 is 0 Å². The maximum Gasteiger partial charge on any atom is 0.233 e. The Bertz CT molecular complexity index is 486. The third-order valence-corrected chi connectivity index (χ3v) is 4.17. The molecule has 2 atom stereocenters. The van der Waals surface area contributed by atoms with Gasteiger partial charge in [-0.2, -0.15) is 0 Å². The van der Waals surface area contributed by atoms with E-state index in [1.165, 1.54) is 0 Å². The number of hydrogen-bond donors (Lipinski definition) is 3. The fourth-order valence-electron chi connectivity index (χ4n) is 2.79. The van der Waals surface area contributed by atoms with E-state index in [0.29, 0.717) is 5.69 Å². The van der Waals surface area contributed by atoms with Crippen LogP contribution >= 0.6 is 0 Å². The first kappa shape index (κ1) is 12.4. The smallest absolute Gasteiger partial charge is 0.233 e. The third-order valence-electron chi connectivity index (χ3n) is 4.17. The summed E-state index contributed by atoms with van der Waals surface area (Å²) in [5.41, 5.74) is 6.86. The number of benzene rings is 1. The SMILES string of the molecule is Nc1ccc(C2(C(=O)N3C[C@@H](O)[C@@H](O)C3)CC2)cc1. The van der Waals surface area contributed by atoms with Gasteiger partial charge < -0.3 is 20.8 Å². The van der Waals surface area contributed by atoms with Crippen molar-refractivity contribution in [2.45, 2.75) is 30.5 Å². The average molecular weight is 262 g/mol. The second-order valence-corrected chi connectivity index (χ2v) is 5.55. The molecule has 5 nitrogen and oxygen atoms in total. The largest absolute Gasteiger partial charge is 0.399 e. The predicted molar refractivity (Wildman–Crippen MR) is 70.4 cm³/mol. The summed E-state index contributed by atoms with van der Waals surface area (Å²) in [6.45, 7) is 0.438. The molecular weight excluding hydrogens is 244 g/mol. The zero-order chi connectivity index (χ0) is 13.6. The van der Waals surface area contributed by atoms with Gasteiger partial charge in [-0.05, 0) is 30.5 Å². The fraction of sp³-hybridized carbons (Fsp3) is 0.500. The van der Waals surface area contributed by atoms with Crippen molar-refractivity contribution in [2.75, 3.05) is 18.8 Å². The molecule has 102 valence electrons. The van der Waals surface area contributed by atoms with Gasteiger partial charge in [0.2, 0.25) is 5.91 Å². The standard InChI is InChI=1S/C14H18N2O3/c15-10-3-1-9(2-4-10)14(5-6-14)13(19)16-7-11(17)12(18)8-16/h1-4,11-12,17-18H,5-8,15H2/t11-,12+. The zero-order valence-electron chi connectivity index (χ0n) is 10.6. The van der Waals surface area contributed by atoms with Crippen LogP contribution in [0, 0.1) is 0 Å². The minimum absolute atomic E-state index is 0.00729. The molecule has 1 aromatic rings. The van der Waals surface area contributed by atoms with Crippen LogP contribution in [0.4, 0.5) is 5.69 Å². The summed E-state index contributed by atoms with van der Waals surface area (Å²) in [6.07, 6.45) is -0.0194. The van der Waals surface area contributed by atoms with E-state index < -0.39 is 17.6 Å². The van der Waals surface area contributed by atoms with Crippen molar-refractivity contribution in [3.8, 4) is 0 Å². The van der Waals surface area contributed by atoms with Crippen molar-refractivity contribution in [3.63, 3.8) is 0 Å². The molecule has 0 unspecified atom stereocenters. The number of carbonyl (C=O) groups is 1. The van der Waals surface area contributed by atoms with E-state index in [1.807, 2.05) is 12.1 Å². The number of β-amino-alcohol motifs (C(OH)–C–C–N with tert-alkyl or cyclic N) is 2. The van der Waals surface area contributed by atoms with E-state index in [1.54, 1.807) is 17.0 Å². The molecule has 0 aromatic heterocycles. The van der Waals surface area contributed by atoms with Gasteiger partial charge in [0, 0.05) is 18.8 Å². The zero-order valence-corrected chi connectivity index (χ0v) is 10.6. The molecule has 1 heterocycles. The molecule has 3 rings (SSSR count). The lowest BCUT2D eigenvalue weighted by Crippen LogP contribution is -2.38. The Balaban J connectivity index is 1.81. The molecule has 0 bridgehead atoms. The number of aliphatic hydroxyl groups is 2. The Morgan fingerprint density at radius 2 is 1.68 bits per heavy atom. The summed E-state index contributed by atoms with van der Waals surface area (Å²) in [7, 11) is 0. The van der Waals surface area contributed by atoms with Crippen LogP contribution in [-0.2, 0) is 10.2 Å². The summed E-state index contributed by atoms with van der Waals surface area (Å²) in [5.74, 6) is 0.00729. The first-order valence-corrected chi connectivity index (χ1v) is 6.54. The molecule has 4 N–H and O–H groups in total. The highest BCUT2D eigenvalue weighted by Crippen LogP contribution is 2.50. The monoisotopic (exact) mass is 262 g/mol. The van der Waals surface area contributed by atoms with Gasteiger partial charge in [-0.25, -0.2) is 0 Å². The first-order chi connectivity index (χ1) is 9.03. The third kappa shape index (κ3) is 1.99. The minimum Gasteiger partial charge on any atom is -0.399 e. The number of nitrogen functional groups attached to an aromatic ring is 1. The molecule has 1 aliphatic heterocycles. The molecule has 2 fully saturated rings. The first-order valence-electron chi connectivity index (χ1n) is 6.54. The number of likely N-dealkylation sites (tertiary alicyclic amines) is 1. The van der Waals surface area contributed by atoms with E-state index in [2.05, 4.69) is 0 Å². The Kier molecular flexibility index (Phi) is 2.76. The topological polar surface area (TPSA) is 86.8 Å². The van der Waals surface area contributed by atoms with Crippen molar-refractivity contribution in [3.05, 3.63) is 29.8 Å². The lowest BCUT2D eigenvalue weighted by molar-refractivity contribution is -0.133. The van der Waals surface area contributed by atoms with Gasteiger partial charge in [0.15, 0.2) is 0 Å². The second-order valence-electron chi connectivity index (χ2n) is 5.55. The van der Waals surface area contributed by atoms with Gasteiger partial charge in [-0.3, -0.25) is 4.79 Å². The predicted octanol–water partition coefficient (Wildman–Crippen LogP) is -0.136. The van der Waals surface area contributed by atoms with Gasteiger partial charge >= 0.3 is 0 Å². The number of hydrogen-bond acceptors (Lipinski definition) is 4. The average Bonchev–Trinajstić information content (AvgIpc) is 3.13. The molecule has 1 saturated heterocycles. The quantitative estimate of drug-likeness (QED) is 0.648. The van der Waals surface area contributed by atoms with Crippen LogP contribution in [0.5, 0.6) is 0 Å². The number of carbonyl (C=O) groups excluding carboxylic acids is 1. The molecule has 0 radical (unpaired) electrons. The second kappa shape index (κ2) is 4.21. The summed E-state index contributed by atoms with van der Waals surface area (Å²) in [6, 6.07) is 7.39. The van der Waals surface area contributed by atoms with Gasteiger partial charge in [0.05, 0.1) is 17.6 Å². The van der Waals surface area contributed by atoms with Crippen molar-refractivity contribution in [2.24, 2.45) is 0 Å². The van der Waals surface area contributed by atoms with E-state index in [4.69, 9.17) is 5.73 Å². The normalized spacial score (nSPS) is 28.4. The summed E-state index contributed by atoms with van der Waals surface area (Å²) >= 11 is 0. The molecule has 2 aliphatic rings. The highest BCUT2D eigenvalue weighted by atomic mass is 16.3. The van der Waals surface area contributed by atoms with Crippen molar-refractivity contribution in [1.82, 2.24) is 4.90 Å². The van der Waals surface area contributed by atoms with Gasteiger partial charge in [0.1, 0.15) is 0 Å². The van der Waals surface area contributed by atoms with Gasteiger partial charge in [-0.15, -0.1) is 0 Å². The number of nitrogens with zero attached hydrogens (tertiary/aromatic N) is 1. The highest BCUT2D eigenvalue weighted by molar-refractivity contribution is 5.91. The Hall–Kier alpha value is -1.59. The van der Waals surface area contributed by atoms with Crippen LogP contribution in [0.2, 0.25) is 0 Å². The minimum atomic E-state index is -0.828. The van der Waals surface area contributed by atoms with Crippen molar-refractivity contribution >= 4 is 11.6 Å². The van der Waals surface area contributed by atoms with E-state index in [0.717, 1.165) is 18.4 Å². The number of rotatable bonds is 2. The van der Waals surface area contributed by atoms with Crippen LogP contribution in [0.15, 0.2) is 24.3 Å². The maximum atomic E-state index is 12.6. The van der Waals surface area contributed by atoms with Gasteiger partial charge in [0.25, 0.3) is 0 Å². The number of anilines is 1. The molecule has 1 aliphatic carbocycles. The van der Waals surface area contributed by atoms with Crippen LogP contribution in [0.3, 0.4) is 0 Å². The molecule has 1 saturated carbocycles. The molecule has 19 heavy (non-hydrogen) atoms.